The standard InChI is InChI=1S/C17H12O3/c1-2-17(19)20-14-6-8-16-12(10-14)4-3-11-9-13(18)5-7-15(11)16/h2-10,18H,1H2. The molecule has 0 saturated carbocycles. The van der Waals surface area contributed by atoms with Crippen molar-refractivity contribution in [3.05, 3.63) is 61.2 Å². The van der Waals surface area contributed by atoms with Gasteiger partial charge in [0.2, 0.25) is 0 Å². The van der Waals surface area contributed by atoms with Gasteiger partial charge < -0.3 is 9.84 Å². The Morgan fingerprint density at radius 1 is 1.00 bits per heavy atom. The van der Waals surface area contributed by atoms with Crippen LogP contribution in [0.3, 0.4) is 0 Å². The Morgan fingerprint density at radius 2 is 1.65 bits per heavy atom. The number of carbonyl (C=O) groups excluding carboxylic acids is 1. The second-order valence-electron chi connectivity index (χ2n) is 4.48. The Morgan fingerprint density at radius 3 is 2.35 bits per heavy atom. The number of fused-ring (bicyclic) bond motifs is 3. The van der Waals surface area contributed by atoms with E-state index in [2.05, 4.69) is 6.58 Å². The van der Waals surface area contributed by atoms with Crippen molar-refractivity contribution in [1.82, 2.24) is 0 Å². The molecule has 0 aliphatic rings. The number of rotatable bonds is 2. The molecule has 0 atom stereocenters. The van der Waals surface area contributed by atoms with E-state index in [-0.39, 0.29) is 5.75 Å². The summed E-state index contributed by atoms with van der Waals surface area (Å²) in [5.74, 6) is 0.254. The van der Waals surface area contributed by atoms with Crippen molar-refractivity contribution in [3.8, 4) is 11.5 Å². The van der Waals surface area contributed by atoms with Gasteiger partial charge in [-0.3, -0.25) is 0 Å². The van der Waals surface area contributed by atoms with E-state index in [9.17, 15) is 9.90 Å². The van der Waals surface area contributed by atoms with Crippen LogP contribution >= 0.6 is 0 Å². The summed E-state index contributed by atoms with van der Waals surface area (Å²) in [6, 6.07) is 14.6. The van der Waals surface area contributed by atoms with Crippen molar-refractivity contribution in [2.45, 2.75) is 0 Å². The second kappa shape index (κ2) is 4.70. The van der Waals surface area contributed by atoms with Gasteiger partial charge in [0.25, 0.3) is 0 Å². The summed E-state index contributed by atoms with van der Waals surface area (Å²) in [4.78, 5) is 11.2. The summed E-state index contributed by atoms with van der Waals surface area (Å²) in [7, 11) is 0. The molecule has 3 heteroatoms. The SMILES string of the molecule is C=CC(=O)Oc1ccc2c(ccc3cc(O)ccc32)c1. The van der Waals surface area contributed by atoms with Crippen LogP contribution < -0.4 is 4.74 Å². The summed E-state index contributed by atoms with van der Waals surface area (Å²) < 4.78 is 5.11. The molecule has 0 saturated heterocycles. The third-order valence-electron chi connectivity index (χ3n) is 3.18. The summed E-state index contributed by atoms with van der Waals surface area (Å²) in [5, 5.41) is 13.5. The van der Waals surface area contributed by atoms with Gasteiger partial charge in [-0.25, -0.2) is 4.79 Å². The Hall–Kier alpha value is -2.81. The van der Waals surface area contributed by atoms with Crippen molar-refractivity contribution in [2.75, 3.05) is 0 Å². The largest absolute Gasteiger partial charge is 0.508 e. The van der Waals surface area contributed by atoms with Crippen LogP contribution in [0.1, 0.15) is 0 Å². The van der Waals surface area contributed by atoms with E-state index in [0.717, 1.165) is 27.6 Å². The normalized spacial score (nSPS) is 10.6. The molecule has 0 aromatic heterocycles. The molecule has 3 nitrogen and oxygen atoms in total. The molecular weight excluding hydrogens is 252 g/mol. The molecule has 98 valence electrons. The van der Waals surface area contributed by atoms with Crippen molar-refractivity contribution in [2.24, 2.45) is 0 Å². The number of ether oxygens (including phenoxy) is 1. The molecule has 0 radical (unpaired) electrons. The van der Waals surface area contributed by atoms with Gasteiger partial charge in [-0.05, 0) is 45.8 Å². The topological polar surface area (TPSA) is 46.5 Å². The predicted octanol–water partition coefficient (Wildman–Crippen LogP) is 3.79. The zero-order valence-corrected chi connectivity index (χ0v) is 10.7. The number of hydrogen-bond acceptors (Lipinski definition) is 3. The maximum absolute atomic E-state index is 11.2. The highest BCUT2D eigenvalue weighted by Crippen LogP contribution is 2.30. The van der Waals surface area contributed by atoms with E-state index in [1.54, 1.807) is 18.2 Å². The van der Waals surface area contributed by atoms with Crippen LogP contribution in [0.5, 0.6) is 11.5 Å². The first kappa shape index (κ1) is 12.2. The van der Waals surface area contributed by atoms with Gasteiger partial charge in [-0.15, -0.1) is 0 Å². The van der Waals surface area contributed by atoms with E-state index in [4.69, 9.17) is 4.74 Å². The van der Waals surface area contributed by atoms with Gasteiger partial charge in [0.05, 0.1) is 0 Å². The van der Waals surface area contributed by atoms with E-state index in [1.165, 1.54) is 0 Å². The molecule has 3 aromatic carbocycles. The van der Waals surface area contributed by atoms with Gasteiger partial charge in [0, 0.05) is 6.08 Å². The zero-order chi connectivity index (χ0) is 14.1. The fourth-order valence-corrected chi connectivity index (χ4v) is 2.26. The number of phenols is 1. The van der Waals surface area contributed by atoms with Crippen LogP contribution in [0.15, 0.2) is 61.2 Å². The van der Waals surface area contributed by atoms with Gasteiger partial charge in [0.1, 0.15) is 11.5 Å². The molecule has 0 heterocycles. The average Bonchev–Trinajstić information content (AvgIpc) is 2.46. The highest BCUT2D eigenvalue weighted by atomic mass is 16.5. The molecule has 0 bridgehead atoms. The van der Waals surface area contributed by atoms with E-state index in [1.807, 2.05) is 30.3 Å². The van der Waals surface area contributed by atoms with E-state index >= 15 is 0 Å². The van der Waals surface area contributed by atoms with Crippen LogP contribution in [0.2, 0.25) is 0 Å². The van der Waals surface area contributed by atoms with Crippen molar-refractivity contribution < 1.29 is 14.6 Å². The smallest absolute Gasteiger partial charge is 0.335 e. The van der Waals surface area contributed by atoms with Crippen LogP contribution in [0, 0.1) is 0 Å². The molecule has 20 heavy (non-hydrogen) atoms. The number of esters is 1. The molecule has 0 fully saturated rings. The van der Waals surface area contributed by atoms with E-state index < -0.39 is 5.97 Å². The number of benzene rings is 3. The fourth-order valence-electron chi connectivity index (χ4n) is 2.26. The van der Waals surface area contributed by atoms with Gasteiger partial charge in [-0.1, -0.05) is 30.8 Å². The molecular formula is C17H12O3. The minimum atomic E-state index is -0.477. The van der Waals surface area contributed by atoms with Crippen LogP contribution in [-0.2, 0) is 4.79 Å². The molecule has 0 aliphatic heterocycles. The van der Waals surface area contributed by atoms with Crippen molar-refractivity contribution >= 4 is 27.5 Å². The van der Waals surface area contributed by atoms with Crippen molar-refractivity contribution in [1.29, 1.82) is 0 Å². The lowest BCUT2D eigenvalue weighted by Crippen LogP contribution is -2.02. The maximum Gasteiger partial charge on any atom is 0.335 e. The number of hydrogen-bond donors (Lipinski definition) is 1. The van der Waals surface area contributed by atoms with E-state index in [0.29, 0.717) is 5.75 Å². The summed E-state index contributed by atoms with van der Waals surface area (Å²) in [5.41, 5.74) is 0. The lowest BCUT2D eigenvalue weighted by atomic mass is 10.0. The third-order valence-corrected chi connectivity index (χ3v) is 3.18. The Balaban J connectivity index is 2.17. The summed E-state index contributed by atoms with van der Waals surface area (Å²) >= 11 is 0. The first-order valence-corrected chi connectivity index (χ1v) is 6.17. The lowest BCUT2D eigenvalue weighted by Gasteiger charge is -2.07. The fraction of sp³-hybridized carbons (Fsp3) is 0. The zero-order valence-electron chi connectivity index (χ0n) is 10.7. The maximum atomic E-state index is 11.2. The van der Waals surface area contributed by atoms with Gasteiger partial charge >= 0.3 is 5.97 Å². The molecule has 0 aliphatic carbocycles. The molecule has 0 unspecified atom stereocenters. The first-order chi connectivity index (χ1) is 9.67. The van der Waals surface area contributed by atoms with Crippen LogP contribution in [0.4, 0.5) is 0 Å². The Labute approximate surface area is 115 Å². The minimum Gasteiger partial charge on any atom is -0.508 e. The van der Waals surface area contributed by atoms with Gasteiger partial charge in [0.15, 0.2) is 0 Å². The lowest BCUT2D eigenvalue weighted by molar-refractivity contribution is -0.128. The molecule has 1 N–H and O–H groups in total. The third kappa shape index (κ3) is 2.10. The molecule has 0 spiro atoms. The monoisotopic (exact) mass is 264 g/mol. The number of phenolic OH excluding ortho intramolecular Hbond substituents is 1. The molecule has 0 amide bonds. The quantitative estimate of drug-likeness (QED) is 0.331. The minimum absolute atomic E-state index is 0.244. The number of aromatic hydroxyl groups is 1. The predicted molar refractivity (Wildman–Crippen MR) is 79.0 cm³/mol. The van der Waals surface area contributed by atoms with Gasteiger partial charge in [-0.2, -0.15) is 0 Å². The molecule has 3 rings (SSSR count). The first-order valence-electron chi connectivity index (χ1n) is 6.17. The highest BCUT2D eigenvalue weighted by Gasteiger charge is 2.05. The average molecular weight is 264 g/mol. The van der Waals surface area contributed by atoms with Crippen molar-refractivity contribution in [3.63, 3.8) is 0 Å². The Kier molecular flexibility index (Phi) is 2.88. The summed E-state index contributed by atoms with van der Waals surface area (Å²) in [6.45, 7) is 3.37. The number of carbonyl (C=O) groups is 1. The highest BCUT2D eigenvalue weighted by molar-refractivity contribution is 6.08. The molecule has 3 aromatic rings. The van der Waals surface area contributed by atoms with Crippen LogP contribution in [-0.4, -0.2) is 11.1 Å². The Bertz CT molecular complexity index is 834. The van der Waals surface area contributed by atoms with Crippen LogP contribution in [0.25, 0.3) is 21.5 Å². The second-order valence-corrected chi connectivity index (χ2v) is 4.48. The summed E-state index contributed by atoms with van der Waals surface area (Å²) in [6.07, 6.45) is 1.13.